The first-order valence-corrected chi connectivity index (χ1v) is 13.7. The molecule has 3 aliphatic heterocycles. The van der Waals surface area contributed by atoms with E-state index in [2.05, 4.69) is 0 Å². The van der Waals surface area contributed by atoms with Crippen LogP contribution in [0.3, 0.4) is 0 Å². The minimum Gasteiger partial charge on any atom is -0.376 e. The molecular formula is C31H33F2N3O4. The molecule has 1 amide bonds. The molecule has 0 saturated carbocycles. The molecule has 3 heterocycles. The average Bonchev–Trinajstić information content (AvgIpc) is 2.96. The Labute approximate surface area is 232 Å². The molecular weight excluding hydrogens is 516 g/mol. The molecule has 1 atom stereocenters. The molecule has 1 fully saturated rings. The smallest absolute Gasteiger partial charge is 0.237 e. The van der Waals surface area contributed by atoms with Crippen molar-refractivity contribution in [3.8, 4) is 0 Å². The number of hydrogen-bond acceptors (Lipinski definition) is 6. The number of likely N-dealkylation sites (tertiary alicyclic amines) is 1. The number of piperidine rings is 1. The van der Waals surface area contributed by atoms with Crippen molar-refractivity contribution in [2.24, 2.45) is 10.9 Å². The second-order valence-electron chi connectivity index (χ2n) is 10.7. The van der Waals surface area contributed by atoms with Gasteiger partial charge in [0.15, 0.2) is 11.6 Å². The lowest BCUT2D eigenvalue weighted by Gasteiger charge is -2.35. The number of Topliss-reactive ketones (excluding diaryl/α,β-unsaturated/α-hetero) is 2. The van der Waals surface area contributed by atoms with Gasteiger partial charge in [-0.15, -0.1) is 0 Å². The SMILES string of the molecule is C[C@@H](c1ccc(F)cc1)N(CC1=NC2=C(COCC2)C(=O)C1)C(=O)CN1CCC(C(=O)c2ccc(F)cc2)CC1. The summed E-state index contributed by atoms with van der Waals surface area (Å²) in [6, 6.07) is 11.3. The third kappa shape index (κ3) is 6.42. The zero-order chi connectivity index (χ0) is 28.2. The van der Waals surface area contributed by atoms with Crippen LogP contribution in [0.5, 0.6) is 0 Å². The highest BCUT2D eigenvalue weighted by Crippen LogP contribution is 2.27. The van der Waals surface area contributed by atoms with Crippen molar-refractivity contribution in [2.45, 2.75) is 38.6 Å². The third-order valence-corrected chi connectivity index (χ3v) is 8.01. The van der Waals surface area contributed by atoms with Gasteiger partial charge in [0.1, 0.15) is 11.6 Å². The second-order valence-corrected chi connectivity index (χ2v) is 10.7. The van der Waals surface area contributed by atoms with E-state index in [1.165, 1.54) is 36.4 Å². The molecule has 40 heavy (non-hydrogen) atoms. The number of amides is 1. The van der Waals surface area contributed by atoms with Crippen molar-refractivity contribution in [3.63, 3.8) is 0 Å². The fourth-order valence-electron chi connectivity index (χ4n) is 5.60. The van der Waals surface area contributed by atoms with Gasteiger partial charge in [-0.1, -0.05) is 12.1 Å². The molecule has 0 radical (unpaired) electrons. The summed E-state index contributed by atoms with van der Waals surface area (Å²) >= 11 is 0. The standard InChI is InChI=1S/C31H33F2N3O4/c1-20(21-2-6-24(32)7-3-21)36(17-26-16-29(37)27-19-40-15-12-28(27)34-26)30(38)18-35-13-10-23(11-14-35)31(39)22-4-8-25(33)9-5-22/h2-9,20,23H,10-19H2,1H3/t20-/m0/s1. The number of ether oxygens (including phenoxy) is 1. The number of hydrogen-bond donors (Lipinski definition) is 0. The molecule has 2 aromatic rings. The molecule has 0 bridgehead atoms. The van der Waals surface area contributed by atoms with Crippen molar-refractivity contribution >= 4 is 23.2 Å². The number of rotatable bonds is 8. The maximum absolute atomic E-state index is 13.7. The molecule has 0 N–H and O–H groups in total. The number of aliphatic imine (C=N–C) groups is 1. The van der Waals surface area contributed by atoms with Gasteiger partial charge in [0, 0.05) is 29.2 Å². The Morgan fingerprint density at radius 2 is 1.70 bits per heavy atom. The number of carbonyl (C=O) groups excluding carboxylic acids is 3. The van der Waals surface area contributed by atoms with Gasteiger partial charge < -0.3 is 9.64 Å². The van der Waals surface area contributed by atoms with E-state index in [9.17, 15) is 23.2 Å². The summed E-state index contributed by atoms with van der Waals surface area (Å²) in [5.41, 5.74) is 3.29. The van der Waals surface area contributed by atoms with Gasteiger partial charge >= 0.3 is 0 Å². The number of nitrogens with zero attached hydrogens (tertiary/aromatic N) is 3. The predicted octanol–water partition coefficient (Wildman–Crippen LogP) is 4.54. The first-order chi connectivity index (χ1) is 19.3. The Kier molecular flexibility index (Phi) is 8.61. The first-order valence-electron chi connectivity index (χ1n) is 13.7. The summed E-state index contributed by atoms with van der Waals surface area (Å²) in [6.45, 7) is 4.20. The van der Waals surface area contributed by atoms with Gasteiger partial charge in [-0.25, -0.2) is 8.78 Å². The summed E-state index contributed by atoms with van der Waals surface area (Å²) in [4.78, 5) is 47.9. The Hall–Kier alpha value is -3.56. The molecule has 7 nitrogen and oxygen atoms in total. The van der Waals surface area contributed by atoms with Crippen LogP contribution < -0.4 is 0 Å². The summed E-state index contributed by atoms with van der Waals surface area (Å²) in [6.07, 6.45) is 1.92. The Balaban J connectivity index is 1.27. The van der Waals surface area contributed by atoms with Crippen molar-refractivity contribution in [1.82, 2.24) is 9.80 Å². The number of carbonyl (C=O) groups is 3. The highest BCUT2D eigenvalue weighted by molar-refractivity contribution is 6.13. The summed E-state index contributed by atoms with van der Waals surface area (Å²) in [5.74, 6) is -1.04. The van der Waals surface area contributed by atoms with Crippen molar-refractivity contribution in [3.05, 3.63) is 82.6 Å². The quantitative estimate of drug-likeness (QED) is 0.452. The fourth-order valence-corrected chi connectivity index (χ4v) is 5.60. The molecule has 1 saturated heterocycles. The average molecular weight is 550 g/mol. The summed E-state index contributed by atoms with van der Waals surface area (Å²) in [7, 11) is 0. The molecule has 0 unspecified atom stereocenters. The molecule has 3 aliphatic rings. The van der Waals surface area contributed by atoms with Crippen LogP contribution >= 0.6 is 0 Å². The predicted molar refractivity (Wildman–Crippen MR) is 146 cm³/mol. The molecule has 9 heteroatoms. The van der Waals surface area contributed by atoms with Gasteiger partial charge in [-0.3, -0.25) is 24.3 Å². The minimum absolute atomic E-state index is 0.000649. The van der Waals surface area contributed by atoms with E-state index >= 15 is 0 Å². The van der Waals surface area contributed by atoms with Crippen LogP contribution in [0.15, 0.2) is 64.8 Å². The van der Waals surface area contributed by atoms with E-state index in [4.69, 9.17) is 9.73 Å². The monoisotopic (exact) mass is 549 g/mol. The lowest BCUT2D eigenvalue weighted by Crippen LogP contribution is -2.47. The van der Waals surface area contributed by atoms with Crippen LogP contribution in [0, 0.1) is 17.6 Å². The van der Waals surface area contributed by atoms with Crippen molar-refractivity contribution < 1.29 is 27.9 Å². The van der Waals surface area contributed by atoms with Gasteiger partial charge in [0.05, 0.1) is 44.5 Å². The van der Waals surface area contributed by atoms with Crippen LogP contribution in [0.25, 0.3) is 0 Å². The van der Waals surface area contributed by atoms with E-state index in [1.807, 2.05) is 11.8 Å². The van der Waals surface area contributed by atoms with Crippen LogP contribution in [0.4, 0.5) is 8.78 Å². The summed E-state index contributed by atoms with van der Waals surface area (Å²) in [5, 5.41) is 0. The Bertz CT molecular complexity index is 1330. The van der Waals surface area contributed by atoms with Gasteiger partial charge in [0.2, 0.25) is 5.91 Å². The zero-order valence-corrected chi connectivity index (χ0v) is 22.6. The molecule has 0 aromatic heterocycles. The van der Waals surface area contributed by atoms with Gasteiger partial charge in [-0.05, 0) is 74.8 Å². The number of halogens is 2. The lowest BCUT2D eigenvalue weighted by molar-refractivity contribution is -0.134. The van der Waals surface area contributed by atoms with Crippen LogP contribution in [-0.4, -0.2) is 72.4 Å². The fraction of sp³-hybridized carbons (Fsp3) is 0.419. The minimum atomic E-state index is -0.377. The van der Waals surface area contributed by atoms with Gasteiger partial charge in [0.25, 0.3) is 0 Å². The largest absolute Gasteiger partial charge is 0.376 e. The van der Waals surface area contributed by atoms with Crippen LogP contribution in [0.2, 0.25) is 0 Å². The third-order valence-electron chi connectivity index (χ3n) is 8.01. The highest BCUT2D eigenvalue weighted by atomic mass is 19.1. The number of benzene rings is 2. The normalized spacial score (nSPS) is 19.2. The number of ketones is 2. The molecule has 2 aromatic carbocycles. The van der Waals surface area contributed by atoms with E-state index in [0.29, 0.717) is 55.8 Å². The zero-order valence-electron chi connectivity index (χ0n) is 22.6. The van der Waals surface area contributed by atoms with Crippen molar-refractivity contribution in [2.75, 3.05) is 39.4 Å². The van der Waals surface area contributed by atoms with Crippen LogP contribution in [0.1, 0.15) is 54.6 Å². The molecule has 5 rings (SSSR count). The second kappa shape index (κ2) is 12.3. The molecule has 0 spiro atoms. The maximum Gasteiger partial charge on any atom is 0.237 e. The Morgan fingerprint density at radius 1 is 1.05 bits per heavy atom. The Morgan fingerprint density at radius 3 is 2.38 bits per heavy atom. The van der Waals surface area contributed by atoms with Gasteiger partial charge in [-0.2, -0.15) is 0 Å². The maximum atomic E-state index is 13.7. The highest BCUT2D eigenvalue weighted by Gasteiger charge is 2.32. The van der Waals surface area contributed by atoms with Crippen LogP contribution in [-0.2, 0) is 14.3 Å². The molecule has 0 aliphatic carbocycles. The van der Waals surface area contributed by atoms with E-state index < -0.39 is 0 Å². The van der Waals surface area contributed by atoms with Crippen molar-refractivity contribution in [1.29, 1.82) is 0 Å². The van der Waals surface area contributed by atoms with E-state index in [0.717, 1.165) is 11.3 Å². The molecule has 210 valence electrons. The first kappa shape index (κ1) is 28.0. The lowest BCUT2D eigenvalue weighted by atomic mass is 9.89. The van der Waals surface area contributed by atoms with E-state index in [-0.39, 0.29) is 67.2 Å². The van der Waals surface area contributed by atoms with E-state index in [1.54, 1.807) is 17.0 Å². The topological polar surface area (TPSA) is 79.3 Å². The summed E-state index contributed by atoms with van der Waals surface area (Å²) < 4.78 is 32.3.